The molecule has 0 bridgehead atoms. The highest BCUT2D eigenvalue weighted by Crippen LogP contribution is 2.32. The molecule has 1 aliphatic rings. The molecule has 1 atom stereocenters. The Balaban J connectivity index is 1.74. The van der Waals surface area contributed by atoms with Gasteiger partial charge in [0.25, 0.3) is 0 Å². The van der Waals surface area contributed by atoms with Crippen molar-refractivity contribution in [2.24, 2.45) is 5.92 Å². The molecule has 1 saturated heterocycles. The van der Waals surface area contributed by atoms with Gasteiger partial charge in [0.2, 0.25) is 11.8 Å². The molecule has 154 valence electrons. The number of rotatable bonds is 8. The van der Waals surface area contributed by atoms with Crippen molar-refractivity contribution >= 4 is 35.0 Å². The second kappa shape index (κ2) is 9.69. The van der Waals surface area contributed by atoms with Crippen LogP contribution >= 0.6 is 11.8 Å². The number of thioether (sulfide) groups is 1. The zero-order valence-electron chi connectivity index (χ0n) is 16.9. The number of hydrogen-bond acceptors (Lipinski definition) is 5. The Morgan fingerprint density at radius 3 is 2.69 bits per heavy atom. The molecule has 0 saturated carbocycles. The molecule has 6 nitrogen and oxygen atoms in total. The number of benzene rings is 2. The molecule has 7 heteroatoms. The Hall–Kier alpha value is -2.67. The van der Waals surface area contributed by atoms with Gasteiger partial charge >= 0.3 is 0 Å². The van der Waals surface area contributed by atoms with E-state index >= 15 is 0 Å². The molecular formula is C22H26N2O4S. The number of amides is 2. The minimum atomic E-state index is -0.425. The van der Waals surface area contributed by atoms with Crippen LogP contribution in [0, 0.1) is 5.92 Å². The van der Waals surface area contributed by atoms with E-state index in [2.05, 4.69) is 5.32 Å². The fourth-order valence-electron chi connectivity index (χ4n) is 3.29. The topological polar surface area (TPSA) is 67.9 Å². The van der Waals surface area contributed by atoms with Gasteiger partial charge in [-0.15, -0.1) is 11.8 Å². The average molecular weight is 415 g/mol. The Labute approximate surface area is 175 Å². The third-order valence-electron chi connectivity index (χ3n) is 4.68. The average Bonchev–Trinajstić information content (AvgIpc) is 3.12. The first kappa shape index (κ1) is 21.0. The minimum absolute atomic E-state index is 0.0449. The second-order valence-corrected chi connectivity index (χ2v) is 7.50. The van der Waals surface area contributed by atoms with Gasteiger partial charge < -0.3 is 19.7 Å². The van der Waals surface area contributed by atoms with E-state index in [9.17, 15) is 9.59 Å². The number of nitrogens with zero attached hydrogens (tertiary/aromatic N) is 1. The monoisotopic (exact) mass is 414 g/mol. The number of carbonyl (C=O) groups is 2. The van der Waals surface area contributed by atoms with Crippen LogP contribution in [0.25, 0.3) is 0 Å². The molecule has 0 aliphatic carbocycles. The van der Waals surface area contributed by atoms with Crippen molar-refractivity contribution in [1.82, 2.24) is 0 Å². The summed E-state index contributed by atoms with van der Waals surface area (Å²) >= 11 is 1.62. The van der Waals surface area contributed by atoms with Crippen LogP contribution in [0.1, 0.15) is 20.3 Å². The predicted octanol–water partition coefficient (Wildman–Crippen LogP) is 4.20. The third kappa shape index (κ3) is 5.03. The van der Waals surface area contributed by atoms with Gasteiger partial charge in [0.15, 0.2) is 0 Å². The van der Waals surface area contributed by atoms with Gasteiger partial charge in [-0.2, -0.15) is 0 Å². The standard InChI is InChI=1S/C22H26N2O4S/c1-4-27-17-9-10-20(28-5-2)19(13-17)23-22(26)15-11-21(25)24(14-15)16-7-6-8-18(12-16)29-3/h6-10,12-13,15H,4-5,11,14H2,1-3H3,(H,23,26). The van der Waals surface area contributed by atoms with Crippen LogP contribution in [0.2, 0.25) is 0 Å². The van der Waals surface area contributed by atoms with Crippen molar-refractivity contribution in [1.29, 1.82) is 0 Å². The molecule has 0 radical (unpaired) electrons. The van der Waals surface area contributed by atoms with Crippen LogP contribution in [0.3, 0.4) is 0 Å². The normalized spacial score (nSPS) is 16.0. The molecular weight excluding hydrogens is 388 g/mol. The smallest absolute Gasteiger partial charge is 0.229 e. The maximum Gasteiger partial charge on any atom is 0.229 e. The summed E-state index contributed by atoms with van der Waals surface area (Å²) in [4.78, 5) is 28.2. The molecule has 0 aromatic heterocycles. The van der Waals surface area contributed by atoms with Crippen LogP contribution in [-0.4, -0.2) is 37.8 Å². The van der Waals surface area contributed by atoms with Crippen molar-refractivity contribution < 1.29 is 19.1 Å². The Morgan fingerprint density at radius 2 is 1.97 bits per heavy atom. The first-order valence-corrected chi connectivity index (χ1v) is 10.9. The number of nitrogens with one attached hydrogen (secondary N) is 1. The van der Waals surface area contributed by atoms with Crippen molar-refractivity contribution in [3.63, 3.8) is 0 Å². The van der Waals surface area contributed by atoms with E-state index in [-0.39, 0.29) is 18.2 Å². The largest absolute Gasteiger partial charge is 0.494 e. The molecule has 2 amide bonds. The van der Waals surface area contributed by atoms with E-state index in [1.54, 1.807) is 28.8 Å². The molecule has 2 aromatic carbocycles. The number of anilines is 2. The molecule has 1 aliphatic heterocycles. The van der Waals surface area contributed by atoms with Crippen molar-refractivity contribution in [3.8, 4) is 11.5 Å². The second-order valence-electron chi connectivity index (χ2n) is 6.62. The van der Waals surface area contributed by atoms with E-state index in [1.165, 1.54) is 0 Å². The van der Waals surface area contributed by atoms with Crippen LogP contribution in [0.5, 0.6) is 11.5 Å². The summed E-state index contributed by atoms with van der Waals surface area (Å²) in [5, 5.41) is 2.92. The van der Waals surface area contributed by atoms with Crippen molar-refractivity contribution in [2.75, 3.05) is 36.2 Å². The summed E-state index contributed by atoms with van der Waals surface area (Å²) in [5.74, 6) is 0.570. The fraction of sp³-hybridized carbons (Fsp3) is 0.364. The molecule has 1 unspecified atom stereocenters. The lowest BCUT2D eigenvalue weighted by molar-refractivity contribution is -0.122. The highest BCUT2D eigenvalue weighted by atomic mass is 32.2. The Kier molecular flexibility index (Phi) is 7.04. The molecule has 29 heavy (non-hydrogen) atoms. The Morgan fingerprint density at radius 1 is 1.17 bits per heavy atom. The molecule has 1 fully saturated rings. The zero-order chi connectivity index (χ0) is 20.8. The summed E-state index contributed by atoms with van der Waals surface area (Å²) in [5.41, 5.74) is 1.38. The van der Waals surface area contributed by atoms with Gasteiger partial charge in [-0.1, -0.05) is 6.07 Å². The van der Waals surface area contributed by atoms with Crippen LogP contribution < -0.4 is 19.7 Å². The highest BCUT2D eigenvalue weighted by Gasteiger charge is 2.35. The van der Waals surface area contributed by atoms with Crippen molar-refractivity contribution in [2.45, 2.75) is 25.2 Å². The summed E-state index contributed by atoms with van der Waals surface area (Å²) in [6.45, 7) is 5.16. The van der Waals surface area contributed by atoms with Gasteiger partial charge in [-0.3, -0.25) is 9.59 Å². The van der Waals surface area contributed by atoms with Crippen LogP contribution in [0.4, 0.5) is 11.4 Å². The summed E-state index contributed by atoms with van der Waals surface area (Å²) < 4.78 is 11.2. The number of ether oxygens (including phenoxy) is 2. The molecule has 1 N–H and O–H groups in total. The molecule has 0 spiro atoms. The van der Waals surface area contributed by atoms with Crippen LogP contribution in [0.15, 0.2) is 47.4 Å². The van der Waals surface area contributed by atoms with Gasteiger partial charge in [0, 0.05) is 29.6 Å². The summed E-state index contributed by atoms with van der Waals surface area (Å²) in [6.07, 6.45) is 2.18. The van der Waals surface area contributed by atoms with E-state index in [0.29, 0.717) is 36.9 Å². The lowest BCUT2D eigenvalue weighted by atomic mass is 10.1. The molecule has 1 heterocycles. The van der Waals surface area contributed by atoms with Crippen LogP contribution in [-0.2, 0) is 9.59 Å². The first-order chi connectivity index (χ1) is 14.0. The van der Waals surface area contributed by atoms with E-state index in [4.69, 9.17) is 9.47 Å². The lowest BCUT2D eigenvalue weighted by Gasteiger charge is -2.18. The van der Waals surface area contributed by atoms with Gasteiger partial charge in [-0.05, 0) is 50.4 Å². The minimum Gasteiger partial charge on any atom is -0.494 e. The summed E-state index contributed by atoms with van der Waals surface area (Å²) in [7, 11) is 0. The van der Waals surface area contributed by atoms with Gasteiger partial charge in [-0.25, -0.2) is 0 Å². The molecule has 3 rings (SSSR count). The van der Waals surface area contributed by atoms with Gasteiger partial charge in [0.1, 0.15) is 11.5 Å². The summed E-state index contributed by atoms with van der Waals surface area (Å²) in [6, 6.07) is 13.1. The van der Waals surface area contributed by atoms with E-state index in [1.807, 2.05) is 50.4 Å². The fourth-order valence-corrected chi connectivity index (χ4v) is 3.74. The third-order valence-corrected chi connectivity index (χ3v) is 5.41. The predicted molar refractivity (Wildman–Crippen MR) is 116 cm³/mol. The maximum absolute atomic E-state index is 12.9. The maximum atomic E-state index is 12.9. The first-order valence-electron chi connectivity index (χ1n) is 9.70. The highest BCUT2D eigenvalue weighted by molar-refractivity contribution is 7.98. The van der Waals surface area contributed by atoms with Gasteiger partial charge in [0.05, 0.1) is 24.8 Å². The molecule has 2 aromatic rings. The van der Waals surface area contributed by atoms with E-state index < -0.39 is 5.92 Å². The lowest BCUT2D eigenvalue weighted by Crippen LogP contribution is -2.28. The number of carbonyl (C=O) groups excluding carboxylic acids is 2. The van der Waals surface area contributed by atoms with E-state index in [0.717, 1.165) is 10.6 Å². The quantitative estimate of drug-likeness (QED) is 0.656. The zero-order valence-corrected chi connectivity index (χ0v) is 17.8. The SMILES string of the molecule is CCOc1ccc(OCC)c(NC(=O)C2CC(=O)N(c3cccc(SC)c3)C2)c1. The Bertz CT molecular complexity index is 887. The van der Waals surface area contributed by atoms with Crippen molar-refractivity contribution in [3.05, 3.63) is 42.5 Å². The number of hydrogen-bond donors (Lipinski definition) is 1.